The van der Waals surface area contributed by atoms with Crippen LogP contribution in [-0.4, -0.2) is 38.7 Å². The largest absolute Gasteiger partial charge is 0.493 e. The molecule has 1 aliphatic rings. The molecule has 3 rings (SSSR count). The van der Waals surface area contributed by atoms with Crippen LogP contribution in [0.1, 0.15) is 41.6 Å². The number of rotatable bonds is 8. The van der Waals surface area contributed by atoms with Gasteiger partial charge in [0.15, 0.2) is 5.75 Å². The summed E-state index contributed by atoms with van der Waals surface area (Å²) in [6.45, 7) is 0.393. The van der Waals surface area contributed by atoms with Crippen molar-refractivity contribution in [1.29, 1.82) is 0 Å². The number of nitrogens with zero attached hydrogens (tertiary/aromatic N) is 1. The summed E-state index contributed by atoms with van der Waals surface area (Å²) >= 11 is 0. The van der Waals surface area contributed by atoms with Crippen molar-refractivity contribution >= 4 is 11.6 Å². The van der Waals surface area contributed by atoms with Gasteiger partial charge in [-0.25, -0.2) is 0 Å². The lowest BCUT2D eigenvalue weighted by Crippen LogP contribution is -2.39. The molecular weight excluding hydrogens is 388 g/mol. The van der Waals surface area contributed by atoms with Gasteiger partial charge in [0.1, 0.15) is 5.56 Å². The van der Waals surface area contributed by atoms with Gasteiger partial charge in [0.25, 0.3) is 5.91 Å². The smallest absolute Gasteiger partial charge is 0.327 e. The monoisotopic (exact) mass is 414 g/mol. The van der Waals surface area contributed by atoms with E-state index in [-0.39, 0.29) is 28.2 Å². The molecule has 2 aromatic rings. The molecular formula is C22H26N2O6. The first-order valence-corrected chi connectivity index (χ1v) is 9.78. The molecule has 0 bridgehead atoms. The second kappa shape index (κ2) is 9.02. The highest BCUT2D eigenvalue weighted by Crippen LogP contribution is 2.46. The molecule has 0 atom stereocenters. The maximum Gasteiger partial charge on any atom is 0.327 e. The molecule has 0 aliphatic heterocycles. The van der Waals surface area contributed by atoms with Gasteiger partial charge in [0, 0.05) is 18.0 Å². The van der Waals surface area contributed by atoms with Gasteiger partial charge in [0.2, 0.25) is 11.5 Å². The Morgan fingerprint density at radius 2 is 1.70 bits per heavy atom. The van der Waals surface area contributed by atoms with Crippen LogP contribution in [0, 0.1) is 10.1 Å². The topological polar surface area (TPSA) is 99.9 Å². The van der Waals surface area contributed by atoms with Crippen LogP contribution < -0.4 is 19.5 Å². The van der Waals surface area contributed by atoms with E-state index in [1.807, 2.05) is 18.2 Å². The maximum absolute atomic E-state index is 13.1. The minimum absolute atomic E-state index is 0.0693. The molecule has 0 heterocycles. The Balaban J connectivity index is 1.96. The SMILES string of the molecule is COc1cc(C(=O)NCC2(c3ccccc3)CCCC2)c([N+](=O)[O-])c(OC)c1OC. The number of benzene rings is 2. The number of nitrogens with one attached hydrogen (secondary N) is 1. The molecule has 0 radical (unpaired) electrons. The summed E-state index contributed by atoms with van der Waals surface area (Å²) in [4.78, 5) is 24.2. The zero-order valence-corrected chi connectivity index (χ0v) is 17.4. The molecule has 0 saturated heterocycles. The molecule has 160 valence electrons. The second-order valence-corrected chi connectivity index (χ2v) is 7.33. The molecule has 30 heavy (non-hydrogen) atoms. The lowest BCUT2D eigenvalue weighted by atomic mass is 9.79. The van der Waals surface area contributed by atoms with Gasteiger partial charge >= 0.3 is 5.69 Å². The third-order valence-corrected chi connectivity index (χ3v) is 5.77. The molecule has 8 heteroatoms. The number of hydrogen-bond acceptors (Lipinski definition) is 6. The lowest BCUT2D eigenvalue weighted by molar-refractivity contribution is -0.386. The molecule has 0 unspecified atom stereocenters. The second-order valence-electron chi connectivity index (χ2n) is 7.33. The van der Waals surface area contributed by atoms with E-state index < -0.39 is 16.5 Å². The number of methoxy groups -OCH3 is 3. The summed E-state index contributed by atoms with van der Waals surface area (Å²) in [6.07, 6.45) is 4.06. The summed E-state index contributed by atoms with van der Waals surface area (Å²) < 4.78 is 15.7. The van der Waals surface area contributed by atoms with Gasteiger partial charge in [-0.05, 0) is 18.4 Å². The summed E-state index contributed by atoms with van der Waals surface area (Å²) in [7, 11) is 4.04. The summed E-state index contributed by atoms with van der Waals surface area (Å²) in [5, 5.41) is 14.7. The van der Waals surface area contributed by atoms with E-state index in [0.717, 1.165) is 25.7 Å². The third kappa shape index (κ3) is 3.90. The molecule has 0 spiro atoms. The molecule has 0 aromatic heterocycles. The fraction of sp³-hybridized carbons (Fsp3) is 0.409. The van der Waals surface area contributed by atoms with Crippen molar-refractivity contribution in [1.82, 2.24) is 5.32 Å². The van der Waals surface area contributed by atoms with Crippen LogP contribution in [0.2, 0.25) is 0 Å². The van der Waals surface area contributed by atoms with Crippen molar-refractivity contribution in [3.63, 3.8) is 0 Å². The Morgan fingerprint density at radius 3 is 2.23 bits per heavy atom. The van der Waals surface area contributed by atoms with Gasteiger partial charge < -0.3 is 19.5 Å². The molecule has 1 saturated carbocycles. The normalized spacial score (nSPS) is 14.8. The van der Waals surface area contributed by atoms with Crippen molar-refractivity contribution in [3.8, 4) is 17.2 Å². The van der Waals surface area contributed by atoms with Crippen LogP contribution in [0.4, 0.5) is 5.69 Å². The Kier molecular flexibility index (Phi) is 6.44. The number of ether oxygens (including phenoxy) is 3. The van der Waals surface area contributed by atoms with E-state index in [0.29, 0.717) is 6.54 Å². The van der Waals surface area contributed by atoms with Gasteiger partial charge in [-0.2, -0.15) is 0 Å². The van der Waals surface area contributed by atoms with Crippen LogP contribution in [0.3, 0.4) is 0 Å². The third-order valence-electron chi connectivity index (χ3n) is 5.77. The summed E-state index contributed by atoms with van der Waals surface area (Å²) in [5.74, 6) is -0.447. The van der Waals surface area contributed by atoms with Crippen molar-refractivity contribution in [2.45, 2.75) is 31.1 Å². The highest BCUT2D eigenvalue weighted by Gasteiger charge is 2.37. The van der Waals surface area contributed by atoms with E-state index in [4.69, 9.17) is 14.2 Å². The Morgan fingerprint density at radius 1 is 1.07 bits per heavy atom. The van der Waals surface area contributed by atoms with Crippen LogP contribution in [0.5, 0.6) is 17.2 Å². The average Bonchev–Trinajstić information content (AvgIpc) is 3.26. The van der Waals surface area contributed by atoms with Gasteiger partial charge in [0.05, 0.1) is 26.3 Å². The van der Waals surface area contributed by atoms with Gasteiger partial charge in [-0.3, -0.25) is 14.9 Å². The quantitative estimate of drug-likeness (QED) is 0.520. The lowest BCUT2D eigenvalue weighted by Gasteiger charge is -2.30. The first kappa shape index (κ1) is 21.4. The maximum atomic E-state index is 13.1. The van der Waals surface area contributed by atoms with E-state index in [9.17, 15) is 14.9 Å². The predicted molar refractivity (Wildman–Crippen MR) is 112 cm³/mol. The first-order chi connectivity index (χ1) is 14.5. The van der Waals surface area contributed by atoms with Crippen molar-refractivity contribution in [2.75, 3.05) is 27.9 Å². The van der Waals surface area contributed by atoms with Crippen LogP contribution in [0.25, 0.3) is 0 Å². The molecule has 2 aromatic carbocycles. The van der Waals surface area contributed by atoms with Crippen molar-refractivity contribution in [3.05, 3.63) is 57.6 Å². The molecule has 1 N–H and O–H groups in total. The summed E-state index contributed by atoms with van der Waals surface area (Å²) in [6, 6.07) is 11.4. The predicted octanol–water partition coefficient (Wildman–Crippen LogP) is 3.86. The fourth-order valence-electron chi connectivity index (χ4n) is 4.25. The standard InChI is InChI=1S/C22H26N2O6/c1-28-17-13-16(18(24(26)27)20(30-3)19(17)29-2)21(25)23-14-22(11-7-8-12-22)15-9-5-4-6-10-15/h4-6,9-10,13H,7-8,11-12,14H2,1-3H3,(H,23,25). The highest BCUT2D eigenvalue weighted by atomic mass is 16.6. The Hall–Kier alpha value is -3.29. The van der Waals surface area contributed by atoms with Crippen LogP contribution in [-0.2, 0) is 5.41 Å². The Labute approximate surface area is 175 Å². The minimum atomic E-state index is -0.641. The zero-order chi connectivity index (χ0) is 21.7. The Bertz CT molecular complexity index is 923. The number of amides is 1. The zero-order valence-electron chi connectivity index (χ0n) is 17.4. The number of nitro benzene ring substituents is 1. The first-order valence-electron chi connectivity index (χ1n) is 9.78. The number of nitro groups is 1. The van der Waals surface area contributed by atoms with Gasteiger partial charge in [-0.15, -0.1) is 0 Å². The van der Waals surface area contributed by atoms with Crippen LogP contribution >= 0.6 is 0 Å². The fourth-order valence-corrected chi connectivity index (χ4v) is 4.25. The van der Waals surface area contributed by atoms with Crippen LogP contribution in [0.15, 0.2) is 36.4 Å². The molecule has 1 fully saturated rings. The number of hydrogen-bond donors (Lipinski definition) is 1. The number of carbonyl (C=O) groups is 1. The molecule has 1 aliphatic carbocycles. The van der Waals surface area contributed by atoms with Crippen molar-refractivity contribution < 1.29 is 23.9 Å². The molecule has 8 nitrogen and oxygen atoms in total. The molecule has 1 amide bonds. The highest BCUT2D eigenvalue weighted by molar-refractivity contribution is 6.00. The summed E-state index contributed by atoms with van der Waals surface area (Å²) in [5.41, 5.74) is 0.414. The average molecular weight is 414 g/mol. The van der Waals surface area contributed by atoms with E-state index >= 15 is 0 Å². The minimum Gasteiger partial charge on any atom is -0.493 e. The van der Waals surface area contributed by atoms with Gasteiger partial charge in [-0.1, -0.05) is 43.2 Å². The van der Waals surface area contributed by atoms with E-state index in [1.54, 1.807) is 0 Å². The number of carbonyl (C=O) groups excluding carboxylic acids is 1. The van der Waals surface area contributed by atoms with E-state index in [1.165, 1.54) is 33.0 Å². The van der Waals surface area contributed by atoms with E-state index in [2.05, 4.69) is 17.4 Å². The van der Waals surface area contributed by atoms with Crippen molar-refractivity contribution in [2.24, 2.45) is 0 Å².